The van der Waals surface area contributed by atoms with Crippen molar-refractivity contribution in [3.05, 3.63) is 47.4 Å². The maximum atomic E-state index is 5.96. The number of hydrogen-bond donors (Lipinski definition) is 0. The van der Waals surface area contributed by atoms with Crippen LogP contribution in [0.15, 0.2) is 41.8 Å². The van der Waals surface area contributed by atoms with Crippen LogP contribution in [0.1, 0.15) is 12.6 Å². The molecule has 0 atom stereocenters. The first-order valence-corrected chi connectivity index (χ1v) is 5.74. The Morgan fingerprint density at radius 3 is 2.83 bits per heavy atom. The molecule has 0 spiro atoms. The molecule has 18 heavy (non-hydrogen) atoms. The summed E-state index contributed by atoms with van der Waals surface area (Å²) in [6, 6.07) is 9.36. The lowest BCUT2D eigenvalue weighted by Gasteiger charge is -2.03. The van der Waals surface area contributed by atoms with Gasteiger partial charge >= 0.3 is 0 Å². The van der Waals surface area contributed by atoms with Gasteiger partial charge in [0.15, 0.2) is 0 Å². The van der Waals surface area contributed by atoms with Crippen LogP contribution in [-0.4, -0.2) is 22.8 Å². The highest BCUT2D eigenvalue weighted by atomic mass is 35.5. The highest BCUT2D eigenvalue weighted by Gasteiger charge is 2.05. The Bertz CT molecular complexity index is 584. The highest BCUT2D eigenvalue weighted by Crippen LogP contribution is 2.21. The van der Waals surface area contributed by atoms with E-state index in [-0.39, 0.29) is 0 Å². The number of halogens is 1. The largest absolute Gasteiger partial charge is 0.399 e. The minimum Gasteiger partial charge on any atom is -0.399 e. The molecule has 0 fully saturated rings. The third kappa shape index (κ3) is 2.84. The lowest BCUT2D eigenvalue weighted by atomic mass is 10.1. The Hall–Kier alpha value is -1.94. The van der Waals surface area contributed by atoms with Gasteiger partial charge in [0.2, 0.25) is 0 Å². The first-order chi connectivity index (χ1) is 8.70. The molecule has 5 heteroatoms. The van der Waals surface area contributed by atoms with Crippen LogP contribution in [-0.2, 0) is 4.84 Å². The fourth-order valence-corrected chi connectivity index (χ4v) is 1.73. The molecule has 0 aliphatic heterocycles. The Morgan fingerprint density at radius 1 is 1.28 bits per heavy atom. The topological polar surface area (TPSA) is 47.4 Å². The molecule has 1 heterocycles. The van der Waals surface area contributed by atoms with Crippen LogP contribution < -0.4 is 0 Å². The molecule has 0 aliphatic carbocycles. The average Bonchev–Trinajstić information content (AvgIpc) is 2.39. The molecule has 0 radical (unpaired) electrons. The molecule has 0 saturated carbocycles. The van der Waals surface area contributed by atoms with Crippen molar-refractivity contribution < 1.29 is 4.84 Å². The second kappa shape index (κ2) is 5.60. The maximum Gasteiger partial charge on any atom is 0.116 e. The molecule has 1 aromatic heterocycles. The van der Waals surface area contributed by atoms with E-state index in [1.165, 1.54) is 13.4 Å². The smallest absolute Gasteiger partial charge is 0.116 e. The van der Waals surface area contributed by atoms with Gasteiger partial charge in [-0.15, -0.1) is 0 Å². The molecule has 0 N–H and O–H groups in total. The number of aromatic nitrogens is 2. The van der Waals surface area contributed by atoms with Gasteiger partial charge in [0, 0.05) is 10.6 Å². The number of nitrogens with zero attached hydrogens (tertiary/aromatic N) is 3. The van der Waals surface area contributed by atoms with Crippen molar-refractivity contribution >= 4 is 17.3 Å². The molecule has 2 rings (SSSR count). The molecule has 0 unspecified atom stereocenters. The molecule has 0 saturated heterocycles. The zero-order valence-corrected chi connectivity index (χ0v) is 10.8. The van der Waals surface area contributed by atoms with Crippen LogP contribution >= 0.6 is 11.6 Å². The van der Waals surface area contributed by atoms with Crippen LogP contribution in [0.3, 0.4) is 0 Å². The van der Waals surface area contributed by atoms with E-state index in [0.29, 0.717) is 10.7 Å². The Morgan fingerprint density at radius 2 is 2.11 bits per heavy atom. The van der Waals surface area contributed by atoms with Gasteiger partial charge in [-0.1, -0.05) is 28.9 Å². The highest BCUT2D eigenvalue weighted by molar-refractivity contribution is 6.30. The van der Waals surface area contributed by atoms with Crippen LogP contribution in [0, 0.1) is 0 Å². The molecule has 0 aliphatic rings. The molecule has 92 valence electrons. The number of oxime groups is 1. The zero-order valence-electron chi connectivity index (χ0n) is 10.1. The summed E-state index contributed by atoms with van der Waals surface area (Å²) in [6.45, 7) is 1.83. The molecular formula is C13H12ClN3O. The summed E-state index contributed by atoms with van der Waals surface area (Å²) >= 11 is 5.96. The van der Waals surface area contributed by atoms with Crippen LogP contribution in [0.25, 0.3) is 11.3 Å². The Kier molecular flexibility index (Phi) is 3.89. The predicted molar refractivity (Wildman–Crippen MR) is 71.7 cm³/mol. The van der Waals surface area contributed by atoms with Gasteiger partial charge in [-0.3, -0.25) is 0 Å². The average molecular weight is 262 g/mol. The van der Waals surface area contributed by atoms with E-state index in [0.717, 1.165) is 17.0 Å². The fraction of sp³-hybridized carbons (Fsp3) is 0.154. The van der Waals surface area contributed by atoms with Gasteiger partial charge in [-0.25, -0.2) is 9.97 Å². The number of benzene rings is 1. The van der Waals surface area contributed by atoms with Crippen LogP contribution in [0.4, 0.5) is 0 Å². The monoisotopic (exact) mass is 261 g/mol. The molecular weight excluding hydrogens is 250 g/mol. The maximum absolute atomic E-state index is 5.96. The third-order valence-corrected chi connectivity index (χ3v) is 2.62. The standard InChI is InChI=1S/C13H12ClN3O/c1-9(17-18-2)12-7-13(16-8-15-12)10-4-3-5-11(14)6-10/h3-8H,1-2H3. The van der Waals surface area contributed by atoms with Crippen molar-refractivity contribution in [3.63, 3.8) is 0 Å². The van der Waals surface area contributed by atoms with Gasteiger partial charge in [-0.2, -0.15) is 0 Å². The molecule has 1 aromatic carbocycles. The van der Waals surface area contributed by atoms with Gasteiger partial charge in [0.25, 0.3) is 0 Å². The Balaban J connectivity index is 2.41. The first kappa shape index (κ1) is 12.5. The summed E-state index contributed by atoms with van der Waals surface area (Å²) in [5.74, 6) is 0. The van der Waals surface area contributed by atoms with Crippen molar-refractivity contribution in [2.24, 2.45) is 5.16 Å². The minimum absolute atomic E-state index is 0.676. The quantitative estimate of drug-likeness (QED) is 0.630. The lowest BCUT2D eigenvalue weighted by Crippen LogP contribution is -2.00. The van der Waals surface area contributed by atoms with Gasteiger partial charge in [0.1, 0.15) is 19.1 Å². The van der Waals surface area contributed by atoms with E-state index < -0.39 is 0 Å². The van der Waals surface area contributed by atoms with E-state index in [1.807, 2.05) is 37.3 Å². The van der Waals surface area contributed by atoms with Crippen molar-refractivity contribution in [1.82, 2.24) is 9.97 Å². The first-order valence-electron chi connectivity index (χ1n) is 5.37. The lowest BCUT2D eigenvalue weighted by molar-refractivity contribution is 0.213. The van der Waals surface area contributed by atoms with Crippen molar-refractivity contribution in [1.29, 1.82) is 0 Å². The molecule has 2 aromatic rings. The second-order valence-corrected chi connectivity index (χ2v) is 4.09. The van der Waals surface area contributed by atoms with Crippen molar-refractivity contribution in [3.8, 4) is 11.3 Å². The van der Waals surface area contributed by atoms with E-state index in [9.17, 15) is 0 Å². The summed E-state index contributed by atoms with van der Waals surface area (Å²) in [5, 5.41) is 4.52. The van der Waals surface area contributed by atoms with Crippen LogP contribution in [0.5, 0.6) is 0 Å². The van der Waals surface area contributed by atoms with Crippen molar-refractivity contribution in [2.45, 2.75) is 6.92 Å². The van der Waals surface area contributed by atoms with Crippen molar-refractivity contribution in [2.75, 3.05) is 7.11 Å². The third-order valence-electron chi connectivity index (χ3n) is 2.39. The summed E-state index contributed by atoms with van der Waals surface area (Å²) in [7, 11) is 1.50. The summed E-state index contributed by atoms with van der Waals surface area (Å²) in [6.07, 6.45) is 1.50. The van der Waals surface area contributed by atoms with Gasteiger partial charge < -0.3 is 4.84 Å². The number of hydrogen-bond acceptors (Lipinski definition) is 4. The summed E-state index contributed by atoms with van der Waals surface area (Å²) < 4.78 is 0. The molecule has 4 nitrogen and oxygen atoms in total. The SMILES string of the molecule is CON=C(C)c1cc(-c2cccc(Cl)c2)ncn1. The van der Waals surface area contributed by atoms with E-state index in [4.69, 9.17) is 16.4 Å². The molecule has 0 amide bonds. The number of rotatable bonds is 3. The Labute approximate surface area is 110 Å². The normalized spacial score (nSPS) is 11.4. The summed E-state index contributed by atoms with van der Waals surface area (Å²) in [5.41, 5.74) is 3.16. The predicted octanol–water partition coefficient (Wildman–Crippen LogP) is 3.17. The fourth-order valence-electron chi connectivity index (χ4n) is 1.54. The zero-order chi connectivity index (χ0) is 13.0. The second-order valence-electron chi connectivity index (χ2n) is 3.66. The molecule has 0 bridgehead atoms. The van der Waals surface area contributed by atoms with Crippen LogP contribution in [0.2, 0.25) is 5.02 Å². The van der Waals surface area contributed by atoms with E-state index >= 15 is 0 Å². The van der Waals surface area contributed by atoms with Gasteiger partial charge in [-0.05, 0) is 25.1 Å². The van der Waals surface area contributed by atoms with E-state index in [1.54, 1.807) is 0 Å². The minimum atomic E-state index is 0.676. The van der Waals surface area contributed by atoms with E-state index in [2.05, 4.69) is 15.1 Å². The van der Waals surface area contributed by atoms with Gasteiger partial charge in [0.05, 0.1) is 11.4 Å². The summed E-state index contributed by atoms with van der Waals surface area (Å²) in [4.78, 5) is 13.1.